The number of halogens is 1. The van der Waals surface area contributed by atoms with Crippen LogP contribution < -0.4 is 0 Å². The third kappa shape index (κ3) is 2.17. The largest absolute Gasteiger partial charge is 0.100 e. The van der Waals surface area contributed by atoms with Crippen LogP contribution in [0.4, 0.5) is 0 Å². The molecule has 0 aliphatic rings. The van der Waals surface area contributed by atoms with Crippen molar-refractivity contribution in [1.29, 1.82) is 0 Å². The molecule has 0 aliphatic heterocycles. The van der Waals surface area contributed by atoms with Crippen LogP contribution in [0.15, 0.2) is 30.8 Å². The zero-order valence-corrected chi connectivity index (χ0v) is 10.8. The van der Waals surface area contributed by atoms with E-state index in [0.717, 1.165) is 14.7 Å². The van der Waals surface area contributed by atoms with Crippen molar-refractivity contribution < 1.29 is 0 Å². The van der Waals surface area contributed by atoms with E-state index in [1.807, 2.05) is 0 Å². The van der Waals surface area contributed by atoms with Gasteiger partial charge >= 0.3 is 0 Å². The fourth-order valence-corrected chi connectivity index (χ4v) is 2.21. The van der Waals surface area contributed by atoms with Gasteiger partial charge in [0.2, 0.25) is 0 Å². The van der Waals surface area contributed by atoms with E-state index in [0.29, 0.717) is 0 Å². The first kappa shape index (κ1) is 9.00. The van der Waals surface area contributed by atoms with Gasteiger partial charge in [0, 0.05) is 14.7 Å². The van der Waals surface area contributed by atoms with E-state index in [-0.39, 0.29) is 0 Å². The van der Waals surface area contributed by atoms with Gasteiger partial charge in [0.25, 0.3) is 0 Å². The Morgan fingerprint density at radius 2 is 2.09 bits per heavy atom. The SMILES string of the molecule is C=C([SiH3])c1ccccc1CI. The molecule has 1 aromatic rings. The average molecular weight is 274 g/mol. The summed E-state index contributed by atoms with van der Waals surface area (Å²) in [4.78, 5) is 0. The molecule has 0 fully saturated rings. The van der Waals surface area contributed by atoms with E-state index in [1.165, 1.54) is 16.3 Å². The molecule has 0 saturated carbocycles. The summed E-state index contributed by atoms with van der Waals surface area (Å²) in [6, 6.07) is 8.49. The van der Waals surface area contributed by atoms with Crippen LogP contribution in [0.3, 0.4) is 0 Å². The normalized spacial score (nSPS) is 9.91. The van der Waals surface area contributed by atoms with Gasteiger partial charge in [0.1, 0.15) is 0 Å². The lowest BCUT2D eigenvalue weighted by Gasteiger charge is -2.04. The van der Waals surface area contributed by atoms with Crippen molar-refractivity contribution in [2.75, 3.05) is 0 Å². The molecular formula is C9H11ISi. The number of alkyl halides is 1. The monoisotopic (exact) mass is 274 g/mol. The van der Waals surface area contributed by atoms with E-state index in [4.69, 9.17) is 0 Å². The maximum Gasteiger partial charge on any atom is 0.0385 e. The van der Waals surface area contributed by atoms with Crippen LogP contribution in [-0.4, -0.2) is 10.2 Å². The Balaban J connectivity index is 3.12. The molecule has 0 N–H and O–H groups in total. The molecular weight excluding hydrogens is 263 g/mol. The first-order valence-electron chi connectivity index (χ1n) is 3.55. The zero-order chi connectivity index (χ0) is 8.27. The Kier molecular flexibility index (Phi) is 3.32. The lowest BCUT2D eigenvalue weighted by molar-refractivity contribution is 1.43. The van der Waals surface area contributed by atoms with Gasteiger partial charge in [-0.1, -0.05) is 52.1 Å². The van der Waals surface area contributed by atoms with Gasteiger partial charge in [-0.2, -0.15) is 0 Å². The van der Waals surface area contributed by atoms with Crippen molar-refractivity contribution in [2.45, 2.75) is 4.43 Å². The summed E-state index contributed by atoms with van der Waals surface area (Å²) in [5, 5.41) is 1.29. The number of hydrogen-bond acceptors (Lipinski definition) is 0. The van der Waals surface area contributed by atoms with Crippen molar-refractivity contribution >= 4 is 38.0 Å². The Labute approximate surface area is 84.3 Å². The first-order valence-corrected chi connectivity index (χ1v) is 6.08. The van der Waals surface area contributed by atoms with Gasteiger partial charge in [-0.15, -0.1) is 6.58 Å². The van der Waals surface area contributed by atoms with Gasteiger partial charge in [0.15, 0.2) is 0 Å². The molecule has 0 bridgehead atoms. The standard InChI is InChI=1S/C9H11ISi/c1-7(11)9-5-3-2-4-8(9)6-10/h2-5H,1,6H2,11H3. The van der Waals surface area contributed by atoms with E-state index in [2.05, 4.69) is 53.4 Å². The van der Waals surface area contributed by atoms with Gasteiger partial charge < -0.3 is 0 Å². The highest BCUT2D eigenvalue weighted by atomic mass is 127. The van der Waals surface area contributed by atoms with Crippen LogP contribution in [0, 0.1) is 0 Å². The Bertz CT molecular complexity index is 268. The molecule has 0 amide bonds. The minimum atomic E-state index is 1.06. The smallest absolute Gasteiger partial charge is 0.0385 e. The number of rotatable bonds is 2. The van der Waals surface area contributed by atoms with Crippen molar-refractivity contribution in [2.24, 2.45) is 0 Å². The summed E-state index contributed by atoms with van der Waals surface area (Å²) in [5.74, 6) is 0. The minimum absolute atomic E-state index is 1.06. The second-order valence-corrected chi connectivity index (χ2v) is 4.54. The number of hydrogen-bond donors (Lipinski definition) is 0. The third-order valence-electron chi connectivity index (χ3n) is 1.62. The highest BCUT2D eigenvalue weighted by Crippen LogP contribution is 2.17. The zero-order valence-electron chi connectivity index (χ0n) is 6.60. The average Bonchev–Trinajstić information content (AvgIpc) is 2.04. The van der Waals surface area contributed by atoms with Crippen molar-refractivity contribution in [3.05, 3.63) is 42.0 Å². The predicted molar refractivity (Wildman–Crippen MR) is 63.1 cm³/mol. The molecule has 0 aliphatic carbocycles. The summed E-state index contributed by atoms with van der Waals surface area (Å²) in [7, 11) is 1.06. The second-order valence-electron chi connectivity index (χ2n) is 2.57. The molecule has 0 radical (unpaired) electrons. The van der Waals surface area contributed by atoms with Crippen LogP contribution in [0.2, 0.25) is 0 Å². The quantitative estimate of drug-likeness (QED) is 0.439. The van der Waals surface area contributed by atoms with Gasteiger partial charge in [0.05, 0.1) is 0 Å². The fraction of sp³-hybridized carbons (Fsp3) is 0.111. The third-order valence-corrected chi connectivity index (χ3v) is 2.98. The van der Waals surface area contributed by atoms with Gasteiger partial charge in [-0.3, -0.25) is 0 Å². The molecule has 0 heterocycles. The Morgan fingerprint density at radius 1 is 1.45 bits per heavy atom. The molecule has 1 rings (SSSR count). The highest BCUT2D eigenvalue weighted by Gasteiger charge is 1.98. The summed E-state index contributed by atoms with van der Waals surface area (Å²) in [6.07, 6.45) is 0. The van der Waals surface area contributed by atoms with Crippen LogP contribution in [0.5, 0.6) is 0 Å². The van der Waals surface area contributed by atoms with Gasteiger partial charge in [-0.25, -0.2) is 0 Å². The maximum atomic E-state index is 3.99. The first-order chi connectivity index (χ1) is 5.25. The number of benzene rings is 1. The Hall–Kier alpha value is -0.0931. The summed E-state index contributed by atoms with van der Waals surface area (Å²) >= 11 is 2.39. The molecule has 0 spiro atoms. The minimum Gasteiger partial charge on any atom is -0.100 e. The molecule has 1 aromatic carbocycles. The molecule has 58 valence electrons. The Morgan fingerprint density at radius 3 is 2.55 bits per heavy atom. The molecule has 0 aromatic heterocycles. The van der Waals surface area contributed by atoms with E-state index in [9.17, 15) is 0 Å². The molecule has 0 atom stereocenters. The molecule has 0 unspecified atom stereocenters. The van der Waals surface area contributed by atoms with Crippen LogP contribution in [-0.2, 0) is 4.43 Å². The van der Waals surface area contributed by atoms with Crippen LogP contribution >= 0.6 is 22.6 Å². The highest BCUT2D eigenvalue weighted by molar-refractivity contribution is 14.1. The summed E-state index contributed by atoms with van der Waals surface area (Å²) < 4.78 is 1.08. The fourth-order valence-electron chi connectivity index (χ4n) is 1.05. The van der Waals surface area contributed by atoms with Gasteiger partial charge in [-0.05, 0) is 11.1 Å². The van der Waals surface area contributed by atoms with Crippen LogP contribution in [0.25, 0.3) is 5.20 Å². The summed E-state index contributed by atoms with van der Waals surface area (Å²) in [6.45, 7) is 3.99. The van der Waals surface area contributed by atoms with Crippen molar-refractivity contribution in [3.63, 3.8) is 0 Å². The van der Waals surface area contributed by atoms with Crippen LogP contribution in [0.1, 0.15) is 11.1 Å². The molecule has 0 nitrogen and oxygen atoms in total. The summed E-state index contributed by atoms with van der Waals surface area (Å²) in [5.41, 5.74) is 2.77. The predicted octanol–water partition coefficient (Wildman–Crippen LogP) is 1.96. The maximum absolute atomic E-state index is 3.99. The topological polar surface area (TPSA) is 0 Å². The molecule has 2 heteroatoms. The van der Waals surface area contributed by atoms with E-state index in [1.54, 1.807) is 0 Å². The van der Waals surface area contributed by atoms with E-state index < -0.39 is 0 Å². The lowest BCUT2D eigenvalue weighted by Crippen LogP contribution is -1.88. The molecule has 11 heavy (non-hydrogen) atoms. The molecule has 0 saturated heterocycles. The van der Waals surface area contributed by atoms with Crippen molar-refractivity contribution in [3.8, 4) is 0 Å². The van der Waals surface area contributed by atoms with E-state index >= 15 is 0 Å². The van der Waals surface area contributed by atoms with Crippen molar-refractivity contribution in [1.82, 2.24) is 0 Å². The lowest BCUT2D eigenvalue weighted by atomic mass is 10.1. The second kappa shape index (κ2) is 4.06.